The van der Waals surface area contributed by atoms with Crippen LogP contribution in [0.4, 0.5) is 0 Å². The molecule has 0 bridgehead atoms. The summed E-state index contributed by atoms with van der Waals surface area (Å²) in [6.07, 6.45) is 0. The molecular weight excluding hydrogens is 552 g/mol. The largest absolute Gasteiger partial charge is 0.456 e. The van der Waals surface area contributed by atoms with Gasteiger partial charge in [-0.2, -0.15) is 0 Å². The molecule has 0 saturated carbocycles. The Labute approximate surface area is 257 Å². The van der Waals surface area contributed by atoms with Crippen LogP contribution in [0.1, 0.15) is 0 Å². The molecule has 0 N–H and O–H groups in total. The lowest BCUT2D eigenvalue weighted by Crippen LogP contribution is -2.00. The van der Waals surface area contributed by atoms with Crippen LogP contribution in [-0.2, 0) is 0 Å². The van der Waals surface area contributed by atoms with Crippen molar-refractivity contribution >= 4 is 65.6 Å². The predicted molar refractivity (Wildman–Crippen MR) is 183 cm³/mol. The van der Waals surface area contributed by atoms with Gasteiger partial charge in [0.25, 0.3) is 0 Å². The van der Waals surface area contributed by atoms with Crippen LogP contribution in [0.25, 0.3) is 88.3 Å². The number of hydrogen-bond acceptors (Lipinski definition) is 3. The van der Waals surface area contributed by atoms with Crippen molar-refractivity contribution in [2.75, 3.05) is 0 Å². The Bertz CT molecular complexity index is 2700. The Balaban J connectivity index is 1.27. The number of hydrogen-bond donors (Lipinski definition) is 0. The second kappa shape index (κ2) is 9.15. The van der Waals surface area contributed by atoms with Crippen LogP contribution in [0.15, 0.2) is 150 Å². The lowest BCUT2D eigenvalue weighted by Gasteiger charge is -2.10. The minimum atomic E-state index is 0.770. The molecule has 10 aromatic rings. The highest BCUT2D eigenvalue weighted by molar-refractivity contribution is 6.17. The van der Waals surface area contributed by atoms with Crippen LogP contribution in [0.3, 0.4) is 0 Å². The number of benzene rings is 6. The van der Waals surface area contributed by atoms with Gasteiger partial charge < -0.3 is 8.98 Å². The molecule has 6 aromatic carbocycles. The van der Waals surface area contributed by atoms with E-state index in [2.05, 4.69) is 123 Å². The topological polar surface area (TPSA) is 48.8 Å². The van der Waals surface area contributed by atoms with Crippen molar-refractivity contribution in [1.29, 1.82) is 0 Å². The summed E-state index contributed by atoms with van der Waals surface area (Å²) in [6, 6.07) is 50.9. The van der Waals surface area contributed by atoms with Gasteiger partial charge in [0.15, 0.2) is 5.82 Å². The van der Waals surface area contributed by atoms with Crippen molar-refractivity contribution in [3.8, 4) is 22.8 Å². The van der Waals surface area contributed by atoms with E-state index in [0.29, 0.717) is 0 Å². The molecule has 0 saturated heterocycles. The highest BCUT2D eigenvalue weighted by Crippen LogP contribution is 2.40. The average molecular weight is 577 g/mol. The second-order valence-corrected chi connectivity index (χ2v) is 11.5. The zero-order valence-corrected chi connectivity index (χ0v) is 24.1. The summed E-state index contributed by atoms with van der Waals surface area (Å²) in [5, 5.41) is 16.3. The smallest absolute Gasteiger partial charge is 0.160 e. The van der Waals surface area contributed by atoms with Crippen LogP contribution in [0, 0.1) is 0 Å². The molecule has 0 amide bonds. The Morgan fingerprint density at radius 3 is 1.82 bits per heavy atom. The summed E-state index contributed by atoms with van der Waals surface area (Å²) in [5.41, 5.74) is 9.24. The molecule has 4 heterocycles. The minimum absolute atomic E-state index is 0.770. The minimum Gasteiger partial charge on any atom is -0.456 e. The summed E-state index contributed by atoms with van der Waals surface area (Å²) in [4.78, 5) is 0. The summed E-state index contributed by atoms with van der Waals surface area (Å²) in [6.45, 7) is 0. The van der Waals surface area contributed by atoms with E-state index in [-0.39, 0.29) is 0 Å². The van der Waals surface area contributed by atoms with Crippen LogP contribution in [0.5, 0.6) is 0 Å². The van der Waals surface area contributed by atoms with Gasteiger partial charge in [-0.1, -0.05) is 84.9 Å². The molecule has 0 radical (unpaired) electrons. The molecule has 5 nitrogen and oxygen atoms in total. The maximum atomic E-state index is 6.36. The molecule has 0 atom stereocenters. The predicted octanol–water partition coefficient (Wildman–Crippen LogP) is 10.2. The van der Waals surface area contributed by atoms with Gasteiger partial charge in [0.1, 0.15) is 11.2 Å². The molecule has 0 spiro atoms. The first-order valence-electron chi connectivity index (χ1n) is 15.1. The summed E-state index contributed by atoms with van der Waals surface area (Å²) in [5.74, 6) is 0.770. The Hall–Kier alpha value is -6.20. The molecule has 4 aromatic heterocycles. The summed E-state index contributed by atoms with van der Waals surface area (Å²) >= 11 is 0. The van der Waals surface area contributed by atoms with Gasteiger partial charge in [-0.25, -0.2) is 0 Å². The second-order valence-electron chi connectivity index (χ2n) is 11.5. The monoisotopic (exact) mass is 576 g/mol. The first-order valence-corrected chi connectivity index (χ1v) is 15.1. The van der Waals surface area contributed by atoms with Crippen LogP contribution in [0.2, 0.25) is 0 Å². The molecule has 45 heavy (non-hydrogen) atoms. The maximum absolute atomic E-state index is 6.36. The van der Waals surface area contributed by atoms with Crippen LogP contribution in [-0.4, -0.2) is 19.3 Å². The summed E-state index contributed by atoms with van der Waals surface area (Å²) < 4.78 is 11.0. The molecule has 0 unspecified atom stereocenters. The third kappa shape index (κ3) is 3.49. The fourth-order valence-corrected chi connectivity index (χ4v) is 7.02. The molecule has 210 valence electrons. The third-order valence-corrected chi connectivity index (χ3v) is 9.03. The highest BCUT2D eigenvalue weighted by atomic mass is 16.3. The number of para-hydroxylation sites is 3. The van der Waals surface area contributed by atoms with Gasteiger partial charge in [0, 0.05) is 43.6 Å². The van der Waals surface area contributed by atoms with Gasteiger partial charge in [-0.3, -0.25) is 4.57 Å². The zero-order valence-electron chi connectivity index (χ0n) is 24.1. The van der Waals surface area contributed by atoms with Gasteiger partial charge >= 0.3 is 0 Å². The SMILES string of the molecule is c1ccc(-c2ccc(-n3c4ccc(-n5c6ccccc6c6ccccc65)cc4c4cc5oc6ccccc6c5cc43)nn2)cc1. The fraction of sp³-hybridized carbons (Fsp3) is 0. The van der Waals surface area contributed by atoms with E-state index in [0.717, 1.165) is 66.5 Å². The Morgan fingerprint density at radius 2 is 1.07 bits per heavy atom. The van der Waals surface area contributed by atoms with Gasteiger partial charge in [0.05, 0.1) is 27.8 Å². The molecule has 0 aliphatic heterocycles. The molecular formula is C40H24N4O. The number of aromatic nitrogens is 4. The van der Waals surface area contributed by atoms with E-state index in [4.69, 9.17) is 9.52 Å². The molecule has 10 rings (SSSR count). The average Bonchev–Trinajstić information content (AvgIpc) is 3.75. The van der Waals surface area contributed by atoms with Crippen molar-refractivity contribution in [3.63, 3.8) is 0 Å². The van der Waals surface area contributed by atoms with E-state index in [1.54, 1.807) is 0 Å². The van der Waals surface area contributed by atoms with Crippen molar-refractivity contribution in [2.24, 2.45) is 0 Å². The van der Waals surface area contributed by atoms with Gasteiger partial charge in [-0.05, 0) is 60.7 Å². The number of furan rings is 1. The number of fused-ring (bicyclic) bond motifs is 9. The van der Waals surface area contributed by atoms with Crippen molar-refractivity contribution in [3.05, 3.63) is 146 Å². The first-order chi connectivity index (χ1) is 22.3. The maximum Gasteiger partial charge on any atom is 0.160 e. The highest BCUT2D eigenvalue weighted by Gasteiger charge is 2.19. The Kier molecular flexibility index (Phi) is 4.93. The van der Waals surface area contributed by atoms with E-state index < -0.39 is 0 Å². The van der Waals surface area contributed by atoms with Crippen LogP contribution < -0.4 is 0 Å². The first kappa shape index (κ1) is 24.3. The van der Waals surface area contributed by atoms with Gasteiger partial charge in [0.2, 0.25) is 0 Å². The normalized spacial score (nSPS) is 12.0. The van der Waals surface area contributed by atoms with Crippen molar-refractivity contribution < 1.29 is 4.42 Å². The van der Waals surface area contributed by atoms with Crippen molar-refractivity contribution in [2.45, 2.75) is 0 Å². The molecule has 0 aliphatic carbocycles. The van der Waals surface area contributed by atoms with Crippen molar-refractivity contribution in [1.82, 2.24) is 19.3 Å². The molecule has 5 heteroatoms. The third-order valence-electron chi connectivity index (χ3n) is 9.03. The number of nitrogens with zero attached hydrogens (tertiary/aromatic N) is 4. The zero-order chi connectivity index (χ0) is 29.5. The quantitative estimate of drug-likeness (QED) is 0.210. The van der Waals surface area contributed by atoms with Gasteiger partial charge in [-0.15, -0.1) is 10.2 Å². The van der Waals surface area contributed by atoms with Crippen LogP contribution >= 0.6 is 0 Å². The van der Waals surface area contributed by atoms with E-state index >= 15 is 0 Å². The standard InChI is InChI=1S/C40H24N4O/c1-2-10-25(11-3-1)33-19-21-40(42-41-33)44-36-20-18-26(43-34-15-7-4-12-27(34)28-13-5-8-16-35(28)43)22-30(36)31-24-39-32(23-37(31)44)29-14-6-9-17-38(29)45-39/h1-24H. The lowest BCUT2D eigenvalue weighted by molar-refractivity contribution is 0.669. The van der Waals surface area contributed by atoms with E-state index in [9.17, 15) is 0 Å². The Morgan fingerprint density at radius 1 is 0.400 bits per heavy atom. The molecule has 0 aliphatic rings. The van der Waals surface area contributed by atoms with E-state index in [1.807, 2.05) is 36.4 Å². The lowest BCUT2D eigenvalue weighted by atomic mass is 10.1. The summed E-state index contributed by atoms with van der Waals surface area (Å²) in [7, 11) is 0. The molecule has 0 fully saturated rings. The fourth-order valence-electron chi connectivity index (χ4n) is 7.02. The van der Waals surface area contributed by atoms with E-state index in [1.165, 1.54) is 21.8 Å². The number of rotatable bonds is 3.